The summed E-state index contributed by atoms with van der Waals surface area (Å²) in [6, 6.07) is 0. The molecule has 0 amide bonds. The molecule has 4 unspecified atom stereocenters. The molecule has 0 heterocycles. The molecule has 0 fully saturated rings. The van der Waals surface area contributed by atoms with Gasteiger partial charge in [0.2, 0.25) is 0 Å². The Kier molecular flexibility index (Phi) is 12.9. The van der Waals surface area contributed by atoms with Gasteiger partial charge in [-0.3, -0.25) is 4.79 Å². The van der Waals surface area contributed by atoms with Crippen molar-refractivity contribution in [3.63, 3.8) is 0 Å². The first-order valence-electron chi connectivity index (χ1n) is 9.94. The highest BCUT2D eigenvalue weighted by Gasteiger charge is 2.18. The van der Waals surface area contributed by atoms with Crippen LogP contribution in [0.1, 0.15) is 106 Å². The van der Waals surface area contributed by atoms with Crippen LogP contribution in [0.4, 0.5) is 0 Å². The third kappa shape index (κ3) is 9.64. The van der Waals surface area contributed by atoms with Crippen LogP contribution in [0, 0.1) is 23.7 Å². The molecule has 0 N–H and O–H groups in total. The minimum atomic E-state index is 0.334. The smallest absolute Gasteiger partial charge is 0.132 e. The first-order chi connectivity index (χ1) is 10.4. The van der Waals surface area contributed by atoms with Crippen molar-refractivity contribution >= 4 is 5.78 Å². The molecule has 0 aliphatic carbocycles. The molecule has 1 nitrogen and oxygen atoms in total. The van der Waals surface area contributed by atoms with Gasteiger partial charge in [-0.25, -0.2) is 0 Å². The summed E-state index contributed by atoms with van der Waals surface area (Å²) < 4.78 is 0. The zero-order chi connectivity index (χ0) is 17.0. The van der Waals surface area contributed by atoms with Crippen LogP contribution >= 0.6 is 0 Å². The Bertz CT molecular complexity index is 271. The molecule has 0 aliphatic rings. The number of unbranched alkanes of at least 4 members (excludes halogenated alkanes) is 3. The monoisotopic (exact) mass is 310 g/mol. The largest absolute Gasteiger partial charge is 0.300 e. The lowest BCUT2D eigenvalue weighted by Crippen LogP contribution is -2.16. The maximum Gasteiger partial charge on any atom is 0.132 e. The summed E-state index contributed by atoms with van der Waals surface area (Å²) in [4.78, 5) is 11.6. The van der Waals surface area contributed by atoms with E-state index in [-0.39, 0.29) is 0 Å². The molecule has 4 atom stereocenters. The van der Waals surface area contributed by atoms with Gasteiger partial charge in [0.25, 0.3) is 0 Å². The number of carbonyl (C=O) groups excluding carboxylic acids is 1. The third-order valence-electron chi connectivity index (χ3n) is 5.73. The highest BCUT2D eigenvalue weighted by atomic mass is 16.1. The highest BCUT2D eigenvalue weighted by molar-refractivity contribution is 5.78. The summed E-state index contributed by atoms with van der Waals surface area (Å²) >= 11 is 0. The molecule has 0 bridgehead atoms. The van der Waals surface area contributed by atoms with Crippen LogP contribution in [0.15, 0.2) is 0 Å². The van der Waals surface area contributed by atoms with Crippen molar-refractivity contribution in [2.75, 3.05) is 0 Å². The van der Waals surface area contributed by atoms with E-state index >= 15 is 0 Å². The van der Waals surface area contributed by atoms with Gasteiger partial charge in [-0.1, -0.05) is 86.0 Å². The maximum atomic E-state index is 11.6. The fourth-order valence-electron chi connectivity index (χ4n) is 3.58. The number of Topliss-reactive ketones (excluding diaryl/α,β-unsaturated/α-hetero) is 1. The molecular formula is C21H42O. The topological polar surface area (TPSA) is 17.1 Å². The fourth-order valence-corrected chi connectivity index (χ4v) is 3.58. The molecule has 22 heavy (non-hydrogen) atoms. The number of hydrogen-bond donors (Lipinski definition) is 0. The second-order valence-corrected chi connectivity index (χ2v) is 7.69. The Hall–Kier alpha value is -0.330. The Morgan fingerprint density at radius 2 is 1.27 bits per heavy atom. The quantitative estimate of drug-likeness (QED) is 0.314. The van der Waals surface area contributed by atoms with E-state index in [9.17, 15) is 4.79 Å². The molecule has 0 aliphatic heterocycles. The SMILES string of the molecule is CCCCC(CCCCCC(C)C(C)C(C)CCC)C(C)=O. The number of rotatable bonds is 14. The van der Waals surface area contributed by atoms with E-state index in [0.29, 0.717) is 11.7 Å². The van der Waals surface area contributed by atoms with Crippen molar-refractivity contribution in [2.24, 2.45) is 23.7 Å². The van der Waals surface area contributed by atoms with Crippen LogP contribution in [-0.4, -0.2) is 5.78 Å². The molecular weight excluding hydrogens is 268 g/mol. The van der Waals surface area contributed by atoms with E-state index in [4.69, 9.17) is 0 Å². The Balaban J connectivity index is 3.84. The molecule has 1 heteroatoms. The lowest BCUT2D eigenvalue weighted by Gasteiger charge is -2.26. The van der Waals surface area contributed by atoms with Crippen LogP contribution in [0.3, 0.4) is 0 Å². The minimum Gasteiger partial charge on any atom is -0.300 e. The van der Waals surface area contributed by atoms with Crippen LogP contribution in [0.5, 0.6) is 0 Å². The Morgan fingerprint density at radius 1 is 0.727 bits per heavy atom. The predicted octanol–water partition coefficient (Wildman–Crippen LogP) is 7.04. The lowest BCUT2D eigenvalue weighted by atomic mass is 9.80. The first kappa shape index (κ1) is 21.7. The fraction of sp³-hybridized carbons (Fsp3) is 0.952. The van der Waals surface area contributed by atoms with Gasteiger partial charge in [-0.2, -0.15) is 0 Å². The molecule has 0 rings (SSSR count). The summed E-state index contributed by atoms with van der Waals surface area (Å²) in [7, 11) is 0. The predicted molar refractivity (Wildman–Crippen MR) is 99.2 cm³/mol. The van der Waals surface area contributed by atoms with Gasteiger partial charge < -0.3 is 0 Å². The van der Waals surface area contributed by atoms with Gasteiger partial charge in [0.15, 0.2) is 0 Å². The van der Waals surface area contributed by atoms with Gasteiger partial charge in [-0.15, -0.1) is 0 Å². The number of hydrogen-bond acceptors (Lipinski definition) is 1. The number of carbonyl (C=O) groups is 1. The molecule has 0 spiro atoms. The van der Waals surface area contributed by atoms with E-state index in [1.807, 2.05) is 0 Å². The van der Waals surface area contributed by atoms with Gasteiger partial charge in [-0.05, 0) is 37.5 Å². The van der Waals surface area contributed by atoms with E-state index in [2.05, 4.69) is 34.6 Å². The molecule has 0 saturated heterocycles. The van der Waals surface area contributed by atoms with Crippen molar-refractivity contribution in [1.29, 1.82) is 0 Å². The highest BCUT2D eigenvalue weighted by Crippen LogP contribution is 2.28. The van der Waals surface area contributed by atoms with E-state index in [1.165, 1.54) is 51.4 Å². The van der Waals surface area contributed by atoms with Crippen LogP contribution in [0.25, 0.3) is 0 Å². The minimum absolute atomic E-state index is 0.334. The second-order valence-electron chi connectivity index (χ2n) is 7.69. The van der Waals surface area contributed by atoms with Crippen molar-refractivity contribution in [3.05, 3.63) is 0 Å². The normalized spacial score (nSPS) is 17.0. The average Bonchev–Trinajstić information content (AvgIpc) is 2.48. The number of ketones is 1. The van der Waals surface area contributed by atoms with E-state index in [0.717, 1.165) is 30.6 Å². The average molecular weight is 311 g/mol. The molecule has 0 saturated carbocycles. The maximum absolute atomic E-state index is 11.6. The Labute approximate surface area is 140 Å². The first-order valence-corrected chi connectivity index (χ1v) is 9.94. The molecule has 0 aromatic heterocycles. The third-order valence-corrected chi connectivity index (χ3v) is 5.73. The van der Waals surface area contributed by atoms with Crippen molar-refractivity contribution in [1.82, 2.24) is 0 Å². The van der Waals surface area contributed by atoms with Gasteiger partial charge >= 0.3 is 0 Å². The van der Waals surface area contributed by atoms with Crippen LogP contribution in [0.2, 0.25) is 0 Å². The van der Waals surface area contributed by atoms with Crippen LogP contribution < -0.4 is 0 Å². The second kappa shape index (κ2) is 13.1. The van der Waals surface area contributed by atoms with Crippen molar-refractivity contribution in [2.45, 2.75) is 106 Å². The van der Waals surface area contributed by atoms with Gasteiger partial charge in [0.1, 0.15) is 5.78 Å². The van der Waals surface area contributed by atoms with E-state index in [1.54, 1.807) is 6.92 Å². The summed E-state index contributed by atoms with van der Waals surface area (Å²) in [5.74, 6) is 3.28. The zero-order valence-corrected chi connectivity index (χ0v) is 16.3. The van der Waals surface area contributed by atoms with Gasteiger partial charge in [0, 0.05) is 5.92 Å². The zero-order valence-electron chi connectivity index (χ0n) is 16.3. The van der Waals surface area contributed by atoms with Crippen molar-refractivity contribution in [3.8, 4) is 0 Å². The standard InChI is InChI=1S/C21H42O/c1-7-9-15-21(20(6)22)16-12-10-11-14-18(4)19(5)17(3)13-8-2/h17-19,21H,7-16H2,1-6H3. The lowest BCUT2D eigenvalue weighted by molar-refractivity contribution is -0.121. The molecule has 0 aromatic rings. The molecule has 132 valence electrons. The summed E-state index contributed by atoms with van der Waals surface area (Å²) in [5, 5.41) is 0. The molecule has 0 aromatic carbocycles. The summed E-state index contributed by atoms with van der Waals surface area (Å²) in [6.07, 6.45) is 12.5. The summed E-state index contributed by atoms with van der Waals surface area (Å²) in [6.45, 7) is 13.5. The van der Waals surface area contributed by atoms with Crippen molar-refractivity contribution < 1.29 is 4.79 Å². The molecule has 0 radical (unpaired) electrons. The van der Waals surface area contributed by atoms with Gasteiger partial charge in [0.05, 0.1) is 0 Å². The van der Waals surface area contributed by atoms with Crippen LogP contribution in [-0.2, 0) is 4.79 Å². The summed E-state index contributed by atoms with van der Waals surface area (Å²) in [5.41, 5.74) is 0. The Morgan fingerprint density at radius 3 is 1.82 bits per heavy atom. The van der Waals surface area contributed by atoms with E-state index < -0.39 is 0 Å².